The number of thiazole rings is 1. The van der Waals surface area contributed by atoms with E-state index in [4.69, 9.17) is 9.47 Å². The number of aromatic nitrogens is 1. The Morgan fingerprint density at radius 1 is 1.53 bits per heavy atom. The van der Waals surface area contributed by atoms with E-state index in [1.807, 2.05) is 25.1 Å². The van der Waals surface area contributed by atoms with Crippen molar-refractivity contribution in [1.29, 1.82) is 0 Å². The second kappa shape index (κ2) is 5.99. The summed E-state index contributed by atoms with van der Waals surface area (Å²) in [6, 6.07) is 5.67. The van der Waals surface area contributed by atoms with E-state index in [0.717, 1.165) is 16.0 Å². The highest BCUT2D eigenvalue weighted by Crippen LogP contribution is 2.29. The molecule has 5 nitrogen and oxygen atoms in total. The van der Waals surface area contributed by atoms with Gasteiger partial charge in [-0.05, 0) is 32.0 Å². The van der Waals surface area contributed by atoms with Crippen molar-refractivity contribution in [2.45, 2.75) is 20.0 Å². The molecular formula is C13H16N2O3S. The molecule has 2 rings (SSSR count). The van der Waals surface area contributed by atoms with Crippen molar-refractivity contribution >= 4 is 32.6 Å². The fourth-order valence-corrected chi connectivity index (χ4v) is 2.43. The number of nitrogens with zero attached hydrogens (tertiary/aromatic N) is 1. The molecular weight excluding hydrogens is 264 g/mol. The smallest absolute Gasteiger partial charge is 0.254 e. The van der Waals surface area contributed by atoms with Gasteiger partial charge in [0, 0.05) is 7.11 Å². The van der Waals surface area contributed by atoms with Gasteiger partial charge in [-0.3, -0.25) is 10.1 Å². The molecule has 0 bridgehead atoms. The molecule has 6 heteroatoms. The van der Waals surface area contributed by atoms with Crippen LogP contribution in [0.15, 0.2) is 18.2 Å². The molecule has 1 aromatic heterocycles. The Bertz CT molecular complexity index is 582. The molecule has 0 saturated carbocycles. The molecule has 1 atom stereocenters. The first-order chi connectivity index (χ1) is 9.13. The molecule has 102 valence electrons. The molecule has 2 aromatic rings. The average molecular weight is 280 g/mol. The molecule has 19 heavy (non-hydrogen) atoms. The minimum Gasteiger partial charge on any atom is -0.494 e. The largest absolute Gasteiger partial charge is 0.494 e. The molecule has 0 spiro atoms. The number of nitrogens with one attached hydrogen (secondary N) is 1. The third-order valence-electron chi connectivity index (χ3n) is 2.62. The van der Waals surface area contributed by atoms with Gasteiger partial charge in [0.05, 0.1) is 16.8 Å². The van der Waals surface area contributed by atoms with E-state index in [9.17, 15) is 4.79 Å². The monoisotopic (exact) mass is 280 g/mol. The summed E-state index contributed by atoms with van der Waals surface area (Å²) in [6.45, 7) is 4.25. The molecule has 0 aliphatic rings. The molecule has 1 N–H and O–H groups in total. The maximum absolute atomic E-state index is 11.7. The van der Waals surface area contributed by atoms with Crippen molar-refractivity contribution in [1.82, 2.24) is 4.98 Å². The summed E-state index contributed by atoms with van der Waals surface area (Å²) in [6.07, 6.45) is -0.494. The lowest BCUT2D eigenvalue weighted by atomic mass is 10.3. The maximum Gasteiger partial charge on any atom is 0.254 e. The van der Waals surface area contributed by atoms with E-state index in [-0.39, 0.29) is 5.91 Å². The Morgan fingerprint density at radius 3 is 3.00 bits per heavy atom. The van der Waals surface area contributed by atoms with Gasteiger partial charge in [0.25, 0.3) is 5.91 Å². The number of ether oxygens (including phenoxy) is 2. The van der Waals surface area contributed by atoms with E-state index in [1.54, 1.807) is 6.92 Å². The van der Waals surface area contributed by atoms with E-state index < -0.39 is 6.10 Å². The van der Waals surface area contributed by atoms with Gasteiger partial charge in [-0.1, -0.05) is 11.3 Å². The number of fused-ring (bicyclic) bond motifs is 1. The summed E-state index contributed by atoms with van der Waals surface area (Å²) in [4.78, 5) is 16.0. The maximum atomic E-state index is 11.7. The SMILES string of the molecule is CCOc1ccc2nc(NC(=O)C(C)OC)sc2c1. The van der Waals surface area contributed by atoms with E-state index in [2.05, 4.69) is 10.3 Å². The lowest BCUT2D eigenvalue weighted by molar-refractivity contribution is -0.124. The summed E-state index contributed by atoms with van der Waals surface area (Å²) in [5.41, 5.74) is 0.842. The molecule has 1 heterocycles. The van der Waals surface area contributed by atoms with Gasteiger partial charge >= 0.3 is 0 Å². The molecule has 1 amide bonds. The number of hydrogen-bond donors (Lipinski definition) is 1. The fourth-order valence-electron chi connectivity index (χ4n) is 1.53. The number of rotatable bonds is 5. The zero-order chi connectivity index (χ0) is 13.8. The predicted octanol–water partition coefficient (Wildman–Crippen LogP) is 2.67. The van der Waals surface area contributed by atoms with E-state index in [1.165, 1.54) is 18.4 Å². The van der Waals surface area contributed by atoms with Crippen molar-refractivity contribution in [2.75, 3.05) is 19.0 Å². The molecule has 0 fully saturated rings. The van der Waals surface area contributed by atoms with Crippen LogP contribution in [0.1, 0.15) is 13.8 Å². The van der Waals surface area contributed by atoms with Gasteiger partial charge < -0.3 is 9.47 Å². The second-order valence-corrected chi connectivity index (χ2v) is 4.98. The highest BCUT2D eigenvalue weighted by Gasteiger charge is 2.14. The Morgan fingerprint density at radius 2 is 2.32 bits per heavy atom. The van der Waals surface area contributed by atoms with E-state index in [0.29, 0.717) is 11.7 Å². The lowest BCUT2D eigenvalue weighted by Crippen LogP contribution is -2.26. The number of methoxy groups -OCH3 is 1. The molecule has 0 aliphatic carbocycles. The minimum absolute atomic E-state index is 0.202. The van der Waals surface area contributed by atoms with Crippen LogP contribution in [-0.4, -0.2) is 30.7 Å². The highest BCUT2D eigenvalue weighted by molar-refractivity contribution is 7.22. The first-order valence-corrected chi connectivity index (χ1v) is 6.82. The standard InChI is InChI=1S/C13H16N2O3S/c1-4-18-9-5-6-10-11(7-9)19-13(14-10)15-12(16)8(2)17-3/h5-8H,4H2,1-3H3,(H,14,15,16). The first-order valence-electron chi connectivity index (χ1n) is 6.01. The number of carbonyl (C=O) groups excluding carboxylic acids is 1. The predicted molar refractivity (Wildman–Crippen MR) is 75.9 cm³/mol. The number of amides is 1. The molecule has 1 aromatic carbocycles. The van der Waals surface area contributed by atoms with E-state index >= 15 is 0 Å². The van der Waals surface area contributed by atoms with Gasteiger partial charge in [0.15, 0.2) is 5.13 Å². The number of carbonyl (C=O) groups is 1. The van der Waals surface area contributed by atoms with Crippen molar-refractivity contribution in [3.8, 4) is 5.75 Å². The van der Waals surface area contributed by atoms with Crippen molar-refractivity contribution in [3.05, 3.63) is 18.2 Å². The Kier molecular flexibility index (Phi) is 4.34. The Balaban J connectivity index is 2.19. The van der Waals surface area contributed by atoms with Crippen molar-refractivity contribution < 1.29 is 14.3 Å². The lowest BCUT2D eigenvalue weighted by Gasteiger charge is -2.07. The zero-order valence-electron chi connectivity index (χ0n) is 11.1. The van der Waals surface area contributed by atoms with Crippen LogP contribution in [0.4, 0.5) is 5.13 Å². The van der Waals surface area contributed by atoms with Crippen LogP contribution in [0.5, 0.6) is 5.75 Å². The summed E-state index contributed by atoms with van der Waals surface area (Å²) in [7, 11) is 1.50. The number of anilines is 1. The van der Waals surface area contributed by atoms with Crippen LogP contribution in [-0.2, 0) is 9.53 Å². The second-order valence-electron chi connectivity index (χ2n) is 3.95. The molecule has 1 unspecified atom stereocenters. The van der Waals surface area contributed by atoms with Crippen molar-refractivity contribution in [3.63, 3.8) is 0 Å². The third kappa shape index (κ3) is 3.21. The zero-order valence-corrected chi connectivity index (χ0v) is 11.9. The highest BCUT2D eigenvalue weighted by atomic mass is 32.1. The number of benzene rings is 1. The first kappa shape index (κ1) is 13.8. The average Bonchev–Trinajstić information content (AvgIpc) is 2.79. The fraction of sp³-hybridized carbons (Fsp3) is 0.385. The summed E-state index contributed by atoms with van der Waals surface area (Å²) < 4.78 is 11.4. The molecule has 0 saturated heterocycles. The summed E-state index contributed by atoms with van der Waals surface area (Å²) in [5.74, 6) is 0.605. The van der Waals surface area contributed by atoms with Crippen LogP contribution in [0.2, 0.25) is 0 Å². The normalized spacial score (nSPS) is 12.4. The van der Waals surface area contributed by atoms with Gasteiger partial charge in [-0.15, -0.1) is 0 Å². The van der Waals surface area contributed by atoms with Crippen LogP contribution < -0.4 is 10.1 Å². The van der Waals surface area contributed by atoms with Crippen LogP contribution in [0, 0.1) is 0 Å². The van der Waals surface area contributed by atoms with Crippen molar-refractivity contribution in [2.24, 2.45) is 0 Å². The van der Waals surface area contributed by atoms with Crippen LogP contribution >= 0.6 is 11.3 Å². The van der Waals surface area contributed by atoms with Gasteiger partial charge in [-0.25, -0.2) is 4.98 Å². The summed E-state index contributed by atoms with van der Waals surface area (Å²) >= 11 is 1.41. The minimum atomic E-state index is -0.494. The Labute approximate surface area is 115 Å². The Hall–Kier alpha value is -1.66. The topological polar surface area (TPSA) is 60.5 Å². The molecule has 0 radical (unpaired) electrons. The number of hydrogen-bond acceptors (Lipinski definition) is 5. The quantitative estimate of drug-likeness (QED) is 0.914. The van der Waals surface area contributed by atoms with Gasteiger partial charge in [-0.2, -0.15) is 0 Å². The van der Waals surface area contributed by atoms with Crippen LogP contribution in [0.3, 0.4) is 0 Å². The third-order valence-corrected chi connectivity index (χ3v) is 3.56. The van der Waals surface area contributed by atoms with Gasteiger partial charge in [0.2, 0.25) is 0 Å². The van der Waals surface area contributed by atoms with Crippen LogP contribution in [0.25, 0.3) is 10.2 Å². The molecule has 0 aliphatic heterocycles. The summed E-state index contributed by atoms with van der Waals surface area (Å²) in [5, 5.41) is 3.30. The van der Waals surface area contributed by atoms with Gasteiger partial charge in [0.1, 0.15) is 11.9 Å².